The fourth-order valence-corrected chi connectivity index (χ4v) is 4.29. The summed E-state index contributed by atoms with van der Waals surface area (Å²) in [6, 6.07) is 3.64. The van der Waals surface area contributed by atoms with Gasteiger partial charge in [-0.25, -0.2) is 14.5 Å². The number of amides is 1. The average Bonchev–Trinajstić information content (AvgIpc) is 3.13. The first-order valence-electron chi connectivity index (χ1n) is 11.6. The highest BCUT2D eigenvalue weighted by molar-refractivity contribution is 5.70. The van der Waals surface area contributed by atoms with Crippen LogP contribution >= 0.6 is 0 Å². The van der Waals surface area contributed by atoms with E-state index in [0.717, 1.165) is 25.7 Å². The molecule has 2 fully saturated rings. The number of carbonyl (C=O) groups is 2. The number of aromatic nitrogens is 4. The van der Waals surface area contributed by atoms with Crippen molar-refractivity contribution in [2.75, 3.05) is 6.61 Å². The first-order valence-corrected chi connectivity index (χ1v) is 11.6. The van der Waals surface area contributed by atoms with E-state index in [9.17, 15) is 14.7 Å². The van der Waals surface area contributed by atoms with Crippen molar-refractivity contribution in [2.45, 2.75) is 64.5 Å². The smallest absolute Gasteiger partial charge is 0.407 e. The largest absolute Gasteiger partial charge is 0.489 e. The molecule has 2 aromatic rings. The van der Waals surface area contributed by atoms with Crippen LogP contribution in [-0.4, -0.2) is 49.9 Å². The summed E-state index contributed by atoms with van der Waals surface area (Å²) in [7, 11) is 1.76. The van der Waals surface area contributed by atoms with Crippen LogP contribution in [0.1, 0.15) is 56.3 Å². The quantitative estimate of drug-likeness (QED) is 0.618. The van der Waals surface area contributed by atoms with Gasteiger partial charge in [-0.15, -0.1) is 5.10 Å². The average molecular weight is 458 g/mol. The van der Waals surface area contributed by atoms with Gasteiger partial charge in [0.15, 0.2) is 0 Å². The molecule has 0 radical (unpaired) electrons. The van der Waals surface area contributed by atoms with Crippen LogP contribution in [-0.2, 0) is 23.1 Å². The number of alkyl carbamates (subject to hydrolysis) is 1. The summed E-state index contributed by atoms with van der Waals surface area (Å²) in [4.78, 5) is 28.0. The number of nitrogens with zero attached hydrogens (tertiary/aromatic N) is 4. The third kappa shape index (κ3) is 5.61. The first kappa shape index (κ1) is 23.0. The van der Waals surface area contributed by atoms with Crippen molar-refractivity contribution < 1.29 is 24.2 Å². The number of carboxylic acids is 1. The summed E-state index contributed by atoms with van der Waals surface area (Å²) in [5, 5.41) is 20.4. The number of hydrogen-bond donors (Lipinski definition) is 2. The molecular weight excluding hydrogens is 426 g/mol. The maximum Gasteiger partial charge on any atom is 0.407 e. The normalized spacial score (nSPS) is 20.7. The number of aliphatic carboxylic acids is 1. The second-order valence-corrected chi connectivity index (χ2v) is 8.98. The molecule has 2 aliphatic carbocycles. The highest BCUT2D eigenvalue weighted by atomic mass is 16.5. The van der Waals surface area contributed by atoms with Crippen LogP contribution in [0, 0.1) is 18.8 Å². The number of carbonyl (C=O) groups excluding carboxylic acids is 1. The SMILES string of the molecule is Cc1nc(-c2nnn(C)c2CNC(=O)OCC2CCC2)ccc1O[C@H]1CCC[C@H](C(=O)O)C1. The fraction of sp³-hybridized carbons (Fsp3) is 0.609. The fourth-order valence-electron chi connectivity index (χ4n) is 4.29. The molecule has 2 aromatic heterocycles. The van der Waals surface area contributed by atoms with Gasteiger partial charge in [0.05, 0.1) is 42.3 Å². The van der Waals surface area contributed by atoms with E-state index in [-0.39, 0.29) is 18.6 Å². The number of rotatable bonds is 8. The predicted molar refractivity (Wildman–Crippen MR) is 119 cm³/mol. The Balaban J connectivity index is 1.39. The highest BCUT2D eigenvalue weighted by Crippen LogP contribution is 2.30. The Labute approximate surface area is 192 Å². The van der Waals surface area contributed by atoms with E-state index in [1.165, 1.54) is 6.42 Å². The van der Waals surface area contributed by atoms with Crippen molar-refractivity contribution in [2.24, 2.45) is 18.9 Å². The number of ether oxygens (including phenoxy) is 2. The van der Waals surface area contributed by atoms with Crippen LogP contribution in [0.4, 0.5) is 4.79 Å². The van der Waals surface area contributed by atoms with Gasteiger partial charge in [-0.2, -0.15) is 0 Å². The van der Waals surface area contributed by atoms with Crippen molar-refractivity contribution in [3.63, 3.8) is 0 Å². The lowest BCUT2D eigenvalue weighted by atomic mass is 9.86. The van der Waals surface area contributed by atoms with Crippen molar-refractivity contribution in [1.82, 2.24) is 25.3 Å². The Hall–Kier alpha value is -3.17. The maximum atomic E-state index is 12.0. The number of nitrogens with one attached hydrogen (secondary N) is 1. The summed E-state index contributed by atoms with van der Waals surface area (Å²) < 4.78 is 13.0. The summed E-state index contributed by atoms with van der Waals surface area (Å²) in [5.74, 6) is 0.00898. The molecule has 0 spiro atoms. The van der Waals surface area contributed by atoms with E-state index < -0.39 is 12.1 Å². The standard InChI is InChI=1S/C23H31N5O5/c1-14-20(33-17-8-4-7-16(11-17)22(29)30)10-9-18(25-14)21-19(28(2)27-26-21)12-24-23(31)32-13-15-5-3-6-15/h9-10,15-17H,3-8,11-13H2,1-2H3,(H,24,31)(H,29,30)/t16-,17-/m0/s1. The molecule has 1 amide bonds. The van der Waals surface area contributed by atoms with Crippen molar-refractivity contribution in [3.8, 4) is 17.1 Å². The molecule has 2 atom stereocenters. The molecule has 0 bridgehead atoms. The Kier molecular flexibility index (Phi) is 7.10. The number of pyridine rings is 1. The van der Waals surface area contributed by atoms with Crippen LogP contribution in [0.2, 0.25) is 0 Å². The van der Waals surface area contributed by atoms with Crippen LogP contribution < -0.4 is 10.1 Å². The van der Waals surface area contributed by atoms with E-state index in [2.05, 4.69) is 20.6 Å². The number of aryl methyl sites for hydroxylation is 2. The predicted octanol–water partition coefficient (Wildman–Crippen LogP) is 3.23. The van der Waals surface area contributed by atoms with Gasteiger partial charge < -0.3 is 19.9 Å². The molecule has 10 heteroatoms. The molecule has 2 heterocycles. The summed E-state index contributed by atoms with van der Waals surface area (Å²) in [6.07, 6.45) is 5.74. The van der Waals surface area contributed by atoms with E-state index >= 15 is 0 Å². The monoisotopic (exact) mass is 457 g/mol. The maximum absolute atomic E-state index is 12.0. The third-order valence-electron chi connectivity index (χ3n) is 6.57. The summed E-state index contributed by atoms with van der Waals surface area (Å²) in [5.41, 5.74) is 2.61. The second kappa shape index (κ2) is 10.2. The van der Waals surface area contributed by atoms with Gasteiger partial charge in [0.25, 0.3) is 0 Å². The number of hydrogen-bond acceptors (Lipinski definition) is 7. The summed E-state index contributed by atoms with van der Waals surface area (Å²) in [6.45, 7) is 2.53. The Morgan fingerprint density at radius 3 is 2.70 bits per heavy atom. The van der Waals surface area contributed by atoms with Gasteiger partial charge in [0.2, 0.25) is 0 Å². The van der Waals surface area contributed by atoms with E-state index in [1.807, 2.05) is 19.1 Å². The minimum Gasteiger partial charge on any atom is -0.489 e. The van der Waals surface area contributed by atoms with Gasteiger partial charge in [0, 0.05) is 7.05 Å². The van der Waals surface area contributed by atoms with Crippen LogP contribution in [0.15, 0.2) is 12.1 Å². The van der Waals surface area contributed by atoms with Gasteiger partial charge in [-0.05, 0) is 63.5 Å². The molecule has 4 rings (SSSR count). The molecule has 0 unspecified atom stereocenters. The van der Waals surface area contributed by atoms with Gasteiger partial charge >= 0.3 is 12.1 Å². The van der Waals surface area contributed by atoms with Crippen molar-refractivity contribution in [3.05, 3.63) is 23.5 Å². The molecule has 2 aliphatic rings. The van der Waals surface area contributed by atoms with Gasteiger partial charge in [-0.3, -0.25) is 4.79 Å². The Morgan fingerprint density at radius 1 is 1.21 bits per heavy atom. The first-order chi connectivity index (χ1) is 15.9. The molecular formula is C23H31N5O5. The zero-order chi connectivity index (χ0) is 23.4. The molecule has 0 aliphatic heterocycles. The minimum absolute atomic E-state index is 0.131. The van der Waals surface area contributed by atoms with Crippen LogP contribution in [0.5, 0.6) is 5.75 Å². The second-order valence-electron chi connectivity index (χ2n) is 8.98. The zero-order valence-corrected chi connectivity index (χ0v) is 19.1. The lowest BCUT2D eigenvalue weighted by molar-refractivity contribution is -0.143. The molecule has 0 saturated heterocycles. The van der Waals surface area contributed by atoms with Crippen LogP contribution in [0.25, 0.3) is 11.4 Å². The minimum atomic E-state index is -0.760. The third-order valence-corrected chi connectivity index (χ3v) is 6.57. The zero-order valence-electron chi connectivity index (χ0n) is 19.1. The van der Waals surface area contributed by atoms with Gasteiger partial charge in [0.1, 0.15) is 11.4 Å². The highest BCUT2D eigenvalue weighted by Gasteiger charge is 2.28. The molecule has 33 heavy (non-hydrogen) atoms. The van der Waals surface area contributed by atoms with E-state index in [1.54, 1.807) is 11.7 Å². The van der Waals surface area contributed by atoms with Gasteiger partial charge in [-0.1, -0.05) is 11.6 Å². The topological polar surface area (TPSA) is 128 Å². The Morgan fingerprint density at radius 2 is 2.00 bits per heavy atom. The molecule has 10 nitrogen and oxygen atoms in total. The molecule has 2 N–H and O–H groups in total. The lowest BCUT2D eigenvalue weighted by Crippen LogP contribution is -2.29. The molecule has 178 valence electrons. The lowest BCUT2D eigenvalue weighted by Gasteiger charge is -2.27. The molecule has 2 saturated carbocycles. The number of carboxylic acid groups (broad SMARTS) is 1. The molecule has 0 aromatic carbocycles. The van der Waals surface area contributed by atoms with Crippen molar-refractivity contribution >= 4 is 12.1 Å². The Bertz CT molecular complexity index is 1000. The van der Waals surface area contributed by atoms with E-state index in [0.29, 0.717) is 53.9 Å². The van der Waals surface area contributed by atoms with Crippen molar-refractivity contribution in [1.29, 1.82) is 0 Å². The van der Waals surface area contributed by atoms with Crippen LogP contribution in [0.3, 0.4) is 0 Å². The summed E-state index contributed by atoms with van der Waals surface area (Å²) >= 11 is 0. The van der Waals surface area contributed by atoms with E-state index in [4.69, 9.17) is 9.47 Å².